The van der Waals surface area contributed by atoms with Crippen LogP contribution in [-0.4, -0.2) is 26.5 Å². The maximum atomic E-state index is 9.60. The Morgan fingerprint density at radius 3 is 2.67 bits per heavy atom. The molecule has 0 bridgehead atoms. The Bertz CT molecular complexity index is 844. The van der Waals surface area contributed by atoms with Crippen molar-refractivity contribution in [3.05, 3.63) is 28.7 Å². The highest BCUT2D eigenvalue weighted by Gasteiger charge is 2.48. The zero-order chi connectivity index (χ0) is 17.6. The number of aromatic nitrogens is 3. The van der Waals surface area contributed by atoms with Gasteiger partial charge in [0, 0.05) is 23.2 Å². The van der Waals surface area contributed by atoms with E-state index in [0.717, 1.165) is 34.5 Å². The normalized spacial score (nSPS) is 18.4. The second-order valence-corrected chi connectivity index (χ2v) is 7.23. The number of aliphatic hydroxyl groups is 1. The topological polar surface area (TPSA) is 101 Å². The van der Waals surface area contributed by atoms with E-state index >= 15 is 0 Å². The van der Waals surface area contributed by atoms with Crippen molar-refractivity contribution in [1.29, 1.82) is 5.26 Å². The van der Waals surface area contributed by atoms with Crippen molar-refractivity contribution < 1.29 is 5.11 Å². The fourth-order valence-corrected chi connectivity index (χ4v) is 3.42. The van der Waals surface area contributed by atoms with Crippen molar-refractivity contribution in [3.8, 4) is 17.2 Å². The molecule has 2 aromatic rings. The molecule has 126 valence electrons. The van der Waals surface area contributed by atoms with Crippen LogP contribution in [0.2, 0.25) is 0 Å². The highest BCUT2D eigenvalue weighted by molar-refractivity contribution is 5.80. The number of aliphatic hydroxyl groups excluding tert-OH is 1. The number of pyridine rings is 1. The first-order valence-corrected chi connectivity index (χ1v) is 8.15. The van der Waals surface area contributed by atoms with Gasteiger partial charge in [-0.25, -0.2) is 4.98 Å². The van der Waals surface area contributed by atoms with E-state index in [1.807, 2.05) is 20.0 Å². The monoisotopic (exact) mass is 325 g/mol. The van der Waals surface area contributed by atoms with Crippen LogP contribution in [0.25, 0.3) is 11.1 Å². The van der Waals surface area contributed by atoms with Gasteiger partial charge in [0.05, 0.1) is 24.5 Å². The van der Waals surface area contributed by atoms with Crippen molar-refractivity contribution >= 4 is 5.82 Å². The lowest BCUT2D eigenvalue weighted by Gasteiger charge is -2.15. The fourth-order valence-electron chi connectivity index (χ4n) is 3.42. The van der Waals surface area contributed by atoms with Crippen molar-refractivity contribution in [1.82, 2.24) is 14.8 Å². The van der Waals surface area contributed by atoms with Crippen molar-refractivity contribution in [2.24, 2.45) is 5.41 Å². The summed E-state index contributed by atoms with van der Waals surface area (Å²) in [6, 6.07) is 2.21. The predicted octanol–water partition coefficient (Wildman–Crippen LogP) is 2.52. The standard InChI is InChI=1S/C18H23N5O/c1-10-15(13-9-23(5-6-24)22-11(13)2)12(8-19)17(20)21-16(10)14-7-18(14,3)4/h9,14,24H,5-7H2,1-4H3,(H2,20,21). The zero-order valence-corrected chi connectivity index (χ0v) is 14.6. The molecule has 0 spiro atoms. The van der Waals surface area contributed by atoms with E-state index in [0.29, 0.717) is 18.0 Å². The third-order valence-corrected chi connectivity index (χ3v) is 5.01. The summed E-state index contributed by atoms with van der Waals surface area (Å²) in [5, 5.41) is 23.2. The van der Waals surface area contributed by atoms with Crippen molar-refractivity contribution in [3.63, 3.8) is 0 Å². The molecule has 3 rings (SSSR count). The Kier molecular flexibility index (Phi) is 3.84. The average molecular weight is 325 g/mol. The molecule has 0 aliphatic heterocycles. The molecule has 0 aromatic carbocycles. The first-order chi connectivity index (χ1) is 11.3. The van der Waals surface area contributed by atoms with E-state index < -0.39 is 0 Å². The van der Waals surface area contributed by atoms with Crippen LogP contribution in [-0.2, 0) is 6.54 Å². The molecule has 1 saturated carbocycles. The third kappa shape index (κ3) is 2.55. The van der Waals surface area contributed by atoms with Gasteiger partial charge in [-0.3, -0.25) is 4.68 Å². The van der Waals surface area contributed by atoms with Gasteiger partial charge in [0.15, 0.2) is 0 Å². The smallest absolute Gasteiger partial charge is 0.142 e. The number of nitrogens with two attached hydrogens (primary N) is 1. The number of hydrogen-bond acceptors (Lipinski definition) is 5. The predicted molar refractivity (Wildman–Crippen MR) is 92.3 cm³/mol. The Morgan fingerprint density at radius 1 is 1.46 bits per heavy atom. The Hall–Kier alpha value is -2.39. The van der Waals surface area contributed by atoms with E-state index in [9.17, 15) is 5.26 Å². The number of anilines is 1. The van der Waals surface area contributed by atoms with Crippen molar-refractivity contribution in [2.75, 3.05) is 12.3 Å². The molecule has 0 amide bonds. The Balaban J connectivity index is 2.21. The number of nitrogens with zero attached hydrogens (tertiary/aromatic N) is 4. The molecule has 24 heavy (non-hydrogen) atoms. The molecular weight excluding hydrogens is 302 g/mol. The largest absolute Gasteiger partial charge is 0.394 e. The minimum atomic E-state index is 0.0185. The van der Waals surface area contributed by atoms with Crippen LogP contribution in [0.1, 0.15) is 48.7 Å². The highest BCUT2D eigenvalue weighted by atomic mass is 16.3. The molecule has 1 unspecified atom stereocenters. The first-order valence-electron chi connectivity index (χ1n) is 8.15. The minimum absolute atomic E-state index is 0.0185. The van der Waals surface area contributed by atoms with Crippen LogP contribution in [0, 0.1) is 30.6 Å². The SMILES string of the molecule is Cc1nn(CCO)cc1-c1c(C)c(C2CC2(C)C)nc(N)c1C#N. The summed E-state index contributed by atoms with van der Waals surface area (Å²) in [4.78, 5) is 4.55. The lowest BCUT2D eigenvalue weighted by atomic mass is 9.92. The molecule has 1 atom stereocenters. The molecule has 0 saturated heterocycles. The number of nitrogen functional groups attached to an aromatic ring is 1. The lowest BCUT2D eigenvalue weighted by molar-refractivity contribution is 0.269. The van der Waals surface area contributed by atoms with E-state index in [1.165, 1.54) is 0 Å². The van der Waals surface area contributed by atoms with Gasteiger partial charge in [-0.05, 0) is 31.2 Å². The Morgan fingerprint density at radius 2 is 2.12 bits per heavy atom. The van der Waals surface area contributed by atoms with Crippen LogP contribution in [0.15, 0.2) is 6.20 Å². The van der Waals surface area contributed by atoms with Gasteiger partial charge in [-0.2, -0.15) is 10.4 Å². The molecule has 1 aliphatic carbocycles. The van der Waals surface area contributed by atoms with Gasteiger partial charge in [-0.1, -0.05) is 13.8 Å². The zero-order valence-electron chi connectivity index (χ0n) is 14.6. The first kappa shape index (κ1) is 16.5. The molecule has 3 N–H and O–H groups in total. The average Bonchev–Trinajstić information content (AvgIpc) is 2.99. The molecular formula is C18H23N5O. The summed E-state index contributed by atoms with van der Waals surface area (Å²) in [5.74, 6) is 0.657. The molecule has 6 heteroatoms. The highest BCUT2D eigenvalue weighted by Crippen LogP contribution is 2.59. The van der Waals surface area contributed by atoms with E-state index in [4.69, 9.17) is 10.8 Å². The number of rotatable bonds is 4. The molecule has 2 heterocycles. The lowest BCUT2D eigenvalue weighted by Crippen LogP contribution is -2.06. The van der Waals surface area contributed by atoms with Gasteiger partial charge in [-0.15, -0.1) is 0 Å². The maximum absolute atomic E-state index is 9.60. The quantitative estimate of drug-likeness (QED) is 0.899. The summed E-state index contributed by atoms with van der Waals surface area (Å²) in [6.07, 6.45) is 2.95. The van der Waals surface area contributed by atoms with Gasteiger partial charge in [0.25, 0.3) is 0 Å². The van der Waals surface area contributed by atoms with E-state index in [1.54, 1.807) is 4.68 Å². The third-order valence-electron chi connectivity index (χ3n) is 5.01. The van der Waals surface area contributed by atoms with Gasteiger partial charge in [0.2, 0.25) is 0 Å². The molecule has 1 fully saturated rings. The van der Waals surface area contributed by atoms with Crippen molar-refractivity contribution in [2.45, 2.75) is 46.6 Å². The van der Waals surface area contributed by atoms with Crippen LogP contribution < -0.4 is 5.73 Å². The van der Waals surface area contributed by atoms with Crippen LogP contribution in [0.3, 0.4) is 0 Å². The summed E-state index contributed by atoms with van der Waals surface area (Å²) in [5.41, 5.74) is 11.2. The van der Waals surface area contributed by atoms with Crippen LogP contribution >= 0.6 is 0 Å². The molecule has 2 aromatic heterocycles. The number of hydrogen-bond donors (Lipinski definition) is 2. The molecule has 1 aliphatic rings. The van der Waals surface area contributed by atoms with E-state index in [-0.39, 0.29) is 17.8 Å². The summed E-state index contributed by atoms with van der Waals surface area (Å²) in [7, 11) is 0. The number of nitriles is 1. The van der Waals surface area contributed by atoms with Crippen LogP contribution in [0.5, 0.6) is 0 Å². The van der Waals surface area contributed by atoms with Gasteiger partial charge in [0.1, 0.15) is 17.5 Å². The van der Waals surface area contributed by atoms with Gasteiger partial charge >= 0.3 is 0 Å². The fraction of sp³-hybridized carbons (Fsp3) is 0.500. The van der Waals surface area contributed by atoms with Crippen LogP contribution in [0.4, 0.5) is 5.82 Å². The maximum Gasteiger partial charge on any atom is 0.142 e. The molecule has 6 nitrogen and oxygen atoms in total. The summed E-state index contributed by atoms with van der Waals surface area (Å²) < 4.78 is 1.70. The molecule has 0 radical (unpaired) electrons. The summed E-state index contributed by atoms with van der Waals surface area (Å²) >= 11 is 0. The van der Waals surface area contributed by atoms with E-state index in [2.05, 4.69) is 30.0 Å². The van der Waals surface area contributed by atoms with Gasteiger partial charge < -0.3 is 10.8 Å². The minimum Gasteiger partial charge on any atom is -0.394 e. The second kappa shape index (κ2) is 5.60. The number of aryl methyl sites for hydroxylation is 1. The Labute approximate surface area is 141 Å². The second-order valence-electron chi connectivity index (χ2n) is 7.23. The summed E-state index contributed by atoms with van der Waals surface area (Å²) in [6.45, 7) is 8.79.